The molecule has 0 atom stereocenters. The maximum atomic E-state index is 5.96. The van der Waals surface area contributed by atoms with E-state index in [9.17, 15) is 0 Å². The van der Waals surface area contributed by atoms with Gasteiger partial charge in [-0.05, 0) is 47.2 Å². The molecule has 33 heavy (non-hydrogen) atoms. The fourth-order valence-electron chi connectivity index (χ4n) is 4.98. The van der Waals surface area contributed by atoms with E-state index in [-0.39, 0.29) is 0 Å². The Kier molecular flexibility index (Phi) is 15.4. The number of nitrogens with zero attached hydrogens (tertiary/aromatic N) is 4. The van der Waals surface area contributed by atoms with Crippen LogP contribution in [0.25, 0.3) is 0 Å². The minimum absolute atomic E-state index is 0.677. The molecule has 2 heterocycles. The Hall–Kier alpha value is -0.0631. The Morgan fingerprint density at radius 1 is 0.515 bits per heavy atom. The molecule has 2 fully saturated rings. The first-order chi connectivity index (χ1) is 16.1. The van der Waals surface area contributed by atoms with Gasteiger partial charge in [-0.15, -0.1) is 0 Å². The highest BCUT2D eigenvalue weighted by Gasteiger charge is 2.39. The Morgan fingerprint density at radius 3 is 1.39 bits per heavy atom. The van der Waals surface area contributed by atoms with Crippen molar-refractivity contribution in [1.29, 1.82) is 0 Å². The molecule has 0 radical (unpaired) electrons. The van der Waals surface area contributed by atoms with Gasteiger partial charge in [0.25, 0.3) is 0 Å². The van der Waals surface area contributed by atoms with Gasteiger partial charge in [-0.25, -0.2) is 0 Å². The minimum atomic E-state index is -2.43. The predicted octanol–water partition coefficient (Wildman–Crippen LogP) is 3.24. The lowest BCUT2D eigenvalue weighted by Gasteiger charge is -2.37. The number of likely N-dealkylation sites (N-methyl/N-ethyl adjacent to an activating group) is 1. The van der Waals surface area contributed by atoms with Crippen molar-refractivity contribution in [2.75, 3.05) is 98.9 Å². The summed E-state index contributed by atoms with van der Waals surface area (Å²) in [6.07, 6.45) is 7.77. The van der Waals surface area contributed by atoms with Crippen molar-refractivity contribution >= 4 is 8.80 Å². The van der Waals surface area contributed by atoms with Crippen LogP contribution in [-0.4, -0.2) is 127 Å². The summed E-state index contributed by atoms with van der Waals surface area (Å²) < 4.78 is 17.9. The van der Waals surface area contributed by atoms with E-state index < -0.39 is 8.80 Å². The molecule has 2 rings (SSSR count). The molecule has 0 unspecified atom stereocenters. The number of hydrogen-bond donors (Lipinski definition) is 0. The van der Waals surface area contributed by atoms with E-state index in [0.717, 1.165) is 12.5 Å². The van der Waals surface area contributed by atoms with E-state index in [1.54, 1.807) is 0 Å². The number of rotatable bonds is 18. The summed E-state index contributed by atoms with van der Waals surface area (Å²) in [7, 11) is -0.199. The zero-order valence-electron chi connectivity index (χ0n) is 22.4. The second-order valence-corrected chi connectivity index (χ2v) is 12.4. The second-order valence-electron chi connectivity index (χ2n) is 9.68. The summed E-state index contributed by atoms with van der Waals surface area (Å²) in [5.74, 6) is 0. The van der Waals surface area contributed by atoms with Crippen LogP contribution in [0.2, 0.25) is 6.04 Å². The first-order valence-electron chi connectivity index (χ1n) is 13.9. The highest BCUT2D eigenvalue weighted by Crippen LogP contribution is 2.20. The van der Waals surface area contributed by atoms with Crippen molar-refractivity contribution < 1.29 is 13.3 Å². The molecule has 0 aliphatic carbocycles. The first-order valence-corrected chi connectivity index (χ1v) is 15.8. The fraction of sp³-hybridized carbons (Fsp3) is 1.00. The van der Waals surface area contributed by atoms with Gasteiger partial charge in [-0.3, -0.25) is 9.80 Å². The van der Waals surface area contributed by atoms with Crippen LogP contribution in [0.4, 0.5) is 0 Å². The number of unbranched alkanes of at least 4 members (excludes halogenated alkanes) is 5. The van der Waals surface area contributed by atoms with Crippen LogP contribution in [0.15, 0.2) is 0 Å². The number of hydrogen-bond acceptors (Lipinski definition) is 7. The Balaban J connectivity index is 1.45. The summed E-state index contributed by atoms with van der Waals surface area (Å²) in [4.78, 5) is 10.4. The van der Waals surface area contributed by atoms with Crippen LogP contribution in [0.1, 0.15) is 59.3 Å². The van der Waals surface area contributed by atoms with Gasteiger partial charge in [-0.1, -0.05) is 25.7 Å². The second kappa shape index (κ2) is 17.4. The minimum Gasteiger partial charge on any atom is -0.374 e. The van der Waals surface area contributed by atoms with Crippen LogP contribution in [0.5, 0.6) is 0 Å². The molecule has 0 amide bonds. The third-order valence-corrected chi connectivity index (χ3v) is 10.2. The molecule has 8 heteroatoms. The third-order valence-electron chi connectivity index (χ3n) is 7.09. The lowest BCUT2D eigenvalue weighted by atomic mass is 10.1. The molecule has 0 aromatic carbocycles. The normalized spacial score (nSPS) is 20.0. The molecule has 0 N–H and O–H groups in total. The summed E-state index contributed by atoms with van der Waals surface area (Å²) in [5.41, 5.74) is 0. The fourth-order valence-corrected chi connectivity index (χ4v) is 7.66. The van der Waals surface area contributed by atoms with E-state index >= 15 is 0 Å². The van der Waals surface area contributed by atoms with Crippen LogP contribution in [-0.2, 0) is 13.3 Å². The average molecular weight is 487 g/mol. The Bertz CT molecular complexity index is 456. The zero-order valence-corrected chi connectivity index (χ0v) is 23.4. The van der Waals surface area contributed by atoms with Gasteiger partial charge in [0, 0.05) is 91.3 Å². The van der Waals surface area contributed by atoms with Crippen LogP contribution < -0.4 is 0 Å². The molecular formula is C25H54N4O3Si. The molecule has 0 bridgehead atoms. The summed E-state index contributed by atoms with van der Waals surface area (Å²) in [6, 6.07) is 0.960. The molecule has 2 aliphatic heterocycles. The summed E-state index contributed by atoms with van der Waals surface area (Å²) in [5, 5.41) is 0. The van der Waals surface area contributed by atoms with Gasteiger partial charge in [0.05, 0.1) is 0 Å². The van der Waals surface area contributed by atoms with Gasteiger partial charge in [-0.2, -0.15) is 0 Å². The zero-order chi connectivity index (χ0) is 23.8. The maximum Gasteiger partial charge on any atom is 0.500 e. The smallest absolute Gasteiger partial charge is 0.374 e. The van der Waals surface area contributed by atoms with E-state index in [4.69, 9.17) is 13.3 Å². The Labute approximate surface area is 206 Å². The van der Waals surface area contributed by atoms with E-state index in [2.05, 4.69) is 26.6 Å². The molecular weight excluding hydrogens is 432 g/mol. The third kappa shape index (κ3) is 12.0. The number of piperazine rings is 2. The summed E-state index contributed by atoms with van der Waals surface area (Å²) >= 11 is 0. The van der Waals surface area contributed by atoms with Crippen molar-refractivity contribution in [3.8, 4) is 0 Å². The van der Waals surface area contributed by atoms with Gasteiger partial charge in [0.15, 0.2) is 0 Å². The largest absolute Gasteiger partial charge is 0.500 e. The highest BCUT2D eigenvalue weighted by molar-refractivity contribution is 6.60. The van der Waals surface area contributed by atoms with Gasteiger partial charge < -0.3 is 23.1 Å². The van der Waals surface area contributed by atoms with Gasteiger partial charge >= 0.3 is 8.80 Å². The summed E-state index contributed by atoms with van der Waals surface area (Å²) in [6.45, 7) is 21.8. The quantitative estimate of drug-likeness (QED) is 0.218. The molecule has 196 valence electrons. The molecule has 0 aromatic rings. The lowest BCUT2D eigenvalue weighted by molar-refractivity contribution is 0.0706. The SMILES string of the molecule is CCO[Si](CCCCCCCCN1CCN(CCN2CCN(C)CC2)CC1)(OCC)OCC. The molecule has 7 nitrogen and oxygen atoms in total. The van der Waals surface area contributed by atoms with Crippen molar-refractivity contribution in [3.63, 3.8) is 0 Å². The van der Waals surface area contributed by atoms with Crippen LogP contribution in [0.3, 0.4) is 0 Å². The molecule has 2 aliphatic rings. The topological polar surface area (TPSA) is 40.7 Å². The van der Waals surface area contributed by atoms with Gasteiger partial charge in [0.2, 0.25) is 0 Å². The molecule has 0 spiro atoms. The molecule has 0 saturated carbocycles. The first kappa shape index (κ1) is 29.2. The van der Waals surface area contributed by atoms with E-state index in [1.807, 2.05) is 20.8 Å². The van der Waals surface area contributed by atoms with Crippen LogP contribution in [0, 0.1) is 0 Å². The van der Waals surface area contributed by atoms with Crippen molar-refractivity contribution in [2.45, 2.75) is 65.3 Å². The molecule has 2 saturated heterocycles. The van der Waals surface area contributed by atoms with E-state index in [1.165, 1.54) is 104 Å². The maximum absolute atomic E-state index is 5.96. The highest BCUT2D eigenvalue weighted by atomic mass is 28.4. The van der Waals surface area contributed by atoms with Crippen molar-refractivity contribution in [1.82, 2.24) is 19.6 Å². The monoisotopic (exact) mass is 486 g/mol. The van der Waals surface area contributed by atoms with E-state index in [0.29, 0.717) is 19.8 Å². The molecule has 0 aromatic heterocycles. The van der Waals surface area contributed by atoms with Crippen LogP contribution >= 0.6 is 0 Å². The Morgan fingerprint density at radius 2 is 0.909 bits per heavy atom. The standard InChI is InChI=1S/C25H54N4O3Si/c1-5-30-33(31-6-2,32-7-3)25-13-11-9-8-10-12-14-27-19-21-29(22-20-27)24-23-28-17-15-26(4)16-18-28/h5-25H2,1-4H3. The predicted molar refractivity (Wildman–Crippen MR) is 140 cm³/mol. The van der Waals surface area contributed by atoms with Crippen molar-refractivity contribution in [3.05, 3.63) is 0 Å². The average Bonchev–Trinajstić information content (AvgIpc) is 2.82. The lowest BCUT2D eigenvalue weighted by Crippen LogP contribution is -2.50. The van der Waals surface area contributed by atoms with Crippen molar-refractivity contribution in [2.24, 2.45) is 0 Å². The van der Waals surface area contributed by atoms with Gasteiger partial charge in [0.1, 0.15) is 0 Å².